The first-order chi connectivity index (χ1) is 12.7. The average Bonchev–Trinajstić information content (AvgIpc) is 2.93. The third-order valence-corrected chi connectivity index (χ3v) is 4.78. The minimum Gasteiger partial charge on any atom is -0.453 e. The molecular weight excluding hydrogens is 368 g/mol. The molecule has 7 nitrogen and oxygen atoms in total. The number of aromatic nitrogens is 1. The lowest BCUT2D eigenvalue weighted by atomic mass is 10.1. The SMILES string of the molecule is Cc1csc(=O)n1CC(=O)O[C@@H](C)C(=O)c1ccc(NC(=O)C(C)C)cc1. The van der Waals surface area contributed by atoms with E-state index in [9.17, 15) is 19.2 Å². The highest BCUT2D eigenvalue weighted by atomic mass is 32.1. The smallest absolute Gasteiger partial charge is 0.326 e. The van der Waals surface area contributed by atoms with E-state index >= 15 is 0 Å². The Balaban J connectivity index is 1.97. The van der Waals surface area contributed by atoms with Gasteiger partial charge in [0.2, 0.25) is 11.7 Å². The molecular formula is C19H22N2O5S. The topological polar surface area (TPSA) is 94.5 Å². The molecule has 0 unspecified atom stereocenters. The molecule has 1 amide bonds. The Bertz CT molecular complexity index is 896. The number of esters is 1. The van der Waals surface area contributed by atoms with Gasteiger partial charge in [-0.15, -0.1) is 0 Å². The van der Waals surface area contributed by atoms with Crippen LogP contribution in [0.3, 0.4) is 0 Å². The number of carbonyl (C=O) groups excluding carboxylic acids is 3. The average molecular weight is 390 g/mol. The van der Waals surface area contributed by atoms with Crippen LogP contribution in [0.2, 0.25) is 0 Å². The summed E-state index contributed by atoms with van der Waals surface area (Å²) in [5.74, 6) is -1.28. The van der Waals surface area contributed by atoms with Gasteiger partial charge in [-0.05, 0) is 38.1 Å². The highest BCUT2D eigenvalue weighted by Gasteiger charge is 2.20. The standard InChI is InChI=1S/C19H22N2O5S/c1-11(2)18(24)20-15-7-5-14(6-8-15)17(23)13(4)26-16(22)9-21-12(3)10-27-19(21)25/h5-8,10-11,13H,9H2,1-4H3,(H,20,24)/t13-/m0/s1. The van der Waals surface area contributed by atoms with Crippen molar-refractivity contribution in [3.8, 4) is 0 Å². The number of thiazole rings is 1. The molecule has 0 saturated heterocycles. The maximum Gasteiger partial charge on any atom is 0.326 e. The van der Waals surface area contributed by atoms with Gasteiger partial charge < -0.3 is 10.1 Å². The number of ketones is 1. The molecule has 8 heteroatoms. The van der Waals surface area contributed by atoms with Gasteiger partial charge >= 0.3 is 10.8 Å². The van der Waals surface area contributed by atoms with Gasteiger partial charge in [0.05, 0.1) is 0 Å². The van der Waals surface area contributed by atoms with E-state index in [-0.39, 0.29) is 29.0 Å². The molecule has 0 bridgehead atoms. The Morgan fingerprint density at radius 2 is 1.78 bits per heavy atom. The molecule has 2 aromatic rings. The number of rotatable bonds is 7. The van der Waals surface area contributed by atoms with Crippen LogP contribution in [-0.4, -0.2) is 28.3 Å². The summed E-state index contributed by atoms with van der Waals surface area (Å²) in [6, 6.07) is 6.37. The van der Waals surface area contributed by atoms with E-state index in [1.807, 2.05) is 0 Å². The van der Waals surface area contributed by atoms with Crippen molar-refractivity contribution in [2.45, 2.75) is 40.3 Å². The Morgan fingerprint density at radius 1 is 1.15 bits per heavy atom. The molecule has 1 N–H and O–H groups in total. The van der Waals surface area contributed by atoms with Crippen LogP contribution in [0.15, 0.2) is 34.4 Å². The van der Waals surface area contributed by atoms with Crippen molar-refractivity contribution < 1.29 is 19.1 Å². The van der Waals surface area contributed by atoms with Crippen LogP contribution in [-0.2, 0) is 20.9 Å². The zero-order valence-electron chi connectivity index (χ0n) is 15.6. The highest BCUT2D eigenvalue weighted by molar-refractivity contribution is 7.07. The van der Waals surface area contributed by atoms with Crippen LogP contribution >= 0.6 is 11.3 Å². The first-order valence-electron chi connectivity index (χ1n) is 8.48. The first kappa shape index (κ1) is 20.6. The summed E-state index contributed by atoms with van der Waals surface area (Å²) in [5.41, 5.74) is 1.61. The quantitative estimate of drug-likeness (QED) is 0.579. The van der Waals surface area contributed by atoms with E-state index < -0.39 is 12.1 Å². The number of benzene rings is 1. The normalized spacial score (nSPS) is 11.9. The number of anilines is 1. The number of nitrogens with one attached hydrogen (secondary N) is 1. The van der Waals surface area contributed by atoms with Gasteiger partial charge in [-0.1, -0.05) is 25.2 Å². The molecule has 0 radical (unpaired) electrons. The van der Waals surface area contributed by atoms with Gasteiger partial charge in [0.15, 0.2) is 6.10 Å². The molecule has 0 aliphatic rings. The second-order valence-electron chi connectivity index (χ2n) is 6.45. The summed E-state index contributed by atoms with van der Waals surface area (Å²) in [5, 5.41) is 4.39. The molecule has 0 fully saturated rings. The van der Waals surface area contributed by atoms with Crippen molar-refractivity contribution in [1.82, 2.24) is 4.57 Å². The summed E-state index contributed by atoms with van der Waals surface area (Å²) in [6.45, 7) is 6.55. The Morgan fingerprint density at radius 3 is 2.30 bits per heavy atom. The molecule has 1 atom stereocenters. The monoisotopic (exact) mass is 390 g/mol. The van der Waals surface area contributed by atoms with Gasteiger partial charge in [0.1, 0.15) is 6.54 Å². The van der Waals surface area contributed by atoms with Crippen molar-refractivity contribution in [2.24, 2.45) is 5.92 Å². The zero-order chi connectivity index (χ0) is 20.1. The lowest BCUT2D eigenvalue weighted by molar-refractivity contribution is -0.147. The van der Waals surface area contributed by atoms with E-state index in [1.54, 1.807) is 50.4 Å². The van der Waals surface area contributed by atoms with Gasteiger partial charge in [-0.3, -0.25) is 23.7 Å². The van der Waals surface area contributed by atoms with Crippen molar-refractivity contribution >= 4 is 34.7 Å². The van der Waals surface area contributed by atoms with E-state index in [1.165, 1.54) is 11.5 Å². The van der Waals surface area contributed by atoms with E-state index in [0.29, 0.717) is 16.9 Å². The third-order valence-electron chi connectivity index (χ3n) is 3.90. The van der Waals surface area contributed by atoms with Gasteiger partial charge in [0.25, 0.3) is 0 Å². The summed E-state index contributed by atoms with van der Waals surface area (Å²) < 4.78 is 6.46. The Labute approximate surface area is 161 Å². The lowest BCUT2D eigenvalue weighted by Crippen LogP contribution is -2.29. The van der Waals surface area contributed by atoms with Crippen LogP contribution in [0.4, 0.5) is 5.69 Å². The number of hydrogen-bond acceptors (Lipinski definition) is 6. The highest BCUT2D eigenvalue weighted by Crippen LogP contribution is 2.14. The molecule has 1 aromatic carbocycles. The molecule has 0 aliphatic heterocycles. The maximum absolute atomic E-state index is 12.4. The van der Waals surface area contributed by atoms with Crippen molar-refractivity contribution in [2.75, 3.05) is 5.32 Å². The van der Waals surface area contributed by atoms with Crippen LogP contribution in [0.25, 0.3) is 0 Å². The second kappa shape index (κ2) is 8.77. The zero-order valence-corrected chi connectivity index (χ0v) is 16.5. The number of carbonyl (C=O) groups is 3. The number of ether oxygens (including phenoxy) is 1. The number of hydrogen-bond donors (Lipinski definition) is 1. The summed E-state index contributed by atoms with van der Waals surface area (Å²) >= 11 is 1.00. The molecule has 0 saturated carbocycles. The largest absolute Gasteiger partial charge is 0.453 e. The first-order valence-corrected chi connectivity index (χ1v) is 9.36. The van der Waals surface area contributed by atoms with Crippen molar-refractivity contribution in [1.29, 1.82) is 0 Å². The fourth-order valence-electron chi connectivity index (χ4n) is 2.25. The molecule has 27 heavy (non-hydrogen) atoms. The van der Waals surface area contributed by atoms with Gasteiger partial charge in [-0.25, -0.2) is 0 Å². The van der Waals surface area contributed by atoms with Gasteiger partial charge in [-0.2, -0.15) is 0 Å². The molecule has 0 aliphatic carbocycles. The minimum atomic E-state index is -0.983. The second-order valence-corrected chi connectivity index (χ2v) is 7.27. The molecule has 2 rings (SSSR count). The number of nitrogens with zero attached hydrogens (tertiary/aromatic N) is 1. The predicted molar refractivity (Wildman–Crippen MR) is 103 cm³/mol. The molecule has 1 heterocycles. The molecule has 0 spiro atoms. The van der Waals surface area contributed by atoms with Crippen molar-refractivity contribution in [3.63, 3.8) is 0 Å². The number of aryl methyl sites for hydroxylation is 1. The molecule has 144 valence electrons. The van der Waals surface area contributed by atoms with Crippen LogP contribution in [0, 0.1) is 12.8 Å². The minimum absolute atomic E-state index is 0.115. The van der Waals surface area contributed by atoms with E-state index in [4.69, 9.17) is 4.74 Å². The van der Waals surface area contributed by atoms with Crippen LogP contribution < -0.4 is 10.2 Å². The number of amides is 1. The Kier molecular flexibility index (Phi) is 6.68. The van der Waals surface area contributed by atoms with Crippen LogP contribution in [0.1, 0.15) is 36.8 Å². The molecule has 1 aromatic heterocycles. The van der Waals surface area contributed by atoms with Crippen LogP contribution in [0.5, 0.6) is 0 Å². The fraction of sp³-hybridized carbons (Fsp3) is 0.368. The van der Waals surface area contributed by atoms with Gasteiger partial charge in [0, 0.05) is 28.2 Å². The van der Waals surface area contributed by atoms with E-state index in [0.717, 1.165) is 11.3 Å². The van der Waals surface area contributed by atoms with Crippen molar-refractivity contribution in [3.05, 3.63) is 50.6 Å². The predicted octanol–water partition coefficient (Wildman–Crippen LogP) is 2.63. The third kappa shape index (κ3) is 5.37. The summed E-state index contributed by atoms with van der Waals surface area (Å²) in [4.78, 5) is 47.5. The summed E-state index contributed by atoms with van der Waals surface area (Å²) in [7, 11) is 0. The maximum atomic E-state index is 12.4. The fourth-order valence-corrected chi connectivity index (χ4v) is 2.99. The number of Topliss-reactive ketones (excluding diaryl/α,β-unsaturated/α-hetero) is 1. The van der Waals surface area contributed by atoms with E-state index in [2.05, 4.69) is 5.32 Å². The summed E-state index contributed by atoms with van der Waals surface area (Å²) in [6.07, 6.45) is -0.983. The Hall–Kier alpha value is -2.74. The lowest BCUT2D eigenvalue weighted by Gasteiger charge is -2.13.